The third-order valence-corrected chi connectivity index (χ3v) is 3.54. The van der Waals surface area contributed by atoms with Gasteiger partial charge in [0, 0.05) is 18.2 Å². The number of carbonyl (C=O) groups excluding carboxylic acids is 1. The average Bonchev–Trinajstić information content (AvgIpc) is 2.83. The number of aryl methyl sites for hydroxylation is 2. The van der Waals surface area contributed by atoms with Crippen molar-refractivity contribution in [2.24, 2.45) is 0 Å². The highest BCUT2D eigenvalue weighted by atomic mass is 16.5. The molecule has 0 aliphatic rings. The van der Waals surface area contributed by atoms with E-state index in [4.69, 9.17) is 9.26 Å². The van der Waals surface area contributed by atoms with Crippen LogP contribution in [0.25, 0.3) is 0 Å². The molecule has 0 aliphatic carbocycles. The zero-order valence-electron chi connectivity index (χ0n) is 12.8. The summed E-state index contributed by atoms with van der Waals surface area (Å²) in [5.41, 5.74) is 3.43. The van der Waals surface area contributed by atoms with Gasteiger partial charge in [0.15, 0.2) is 0 Å². The van der Waals surface area contributed by atoms with E-state index in [2.05, 4.69) is 10.5 Å². The van der Waals surface area contributed by atoms with Crippen LogP contribution in [-0.4, -0.2) is 18.2 Å². The summed E-state index contributed by atoms with van der Waals surface area (Å²) in [5.74, 6) is 0.492. The fourth-order valence-electron chi connectivity index (χ4n) is 2.46. The van der Waals surface area contributed by atoms with Crippen LogP contribution in [0.1, 0.15) is 45.9 Å². The molecule has 112 valence electrons. The summed E-state index contributed by atoms with van der Waals surface area (Å²) < 4.78 is 9.99. The standard InChI is InChI=1S/C16H20N2O3/c1-10(15-11(2)18-21-12(15)3)17-9-13-7-5-6-8-14(13)16(19)20-4/h5-8,10,17H,9H2,1-4H3. The number of ether oxygens (including phenoxy) is 1. The molecule has 2 aromatic rings. The first-order chi connectivity index (χ1) is 10.0. The van der Waals surface area contributed by atoms with E-state index < -0.39 is 0 Å². The van der Waals surface area contributed by atoms with Crippen molar-refractivity contribution < 1.29 is 14.1 Å². The van der Waals surface area contributed by atoms with Crippen LogP contribution in [0.5, 0.6) is 0 Å². The van der Waals surface area contributed by atoms with Crippen molar-refractivity contribution in [2.45, 2.75) is 33.4 Å². The second-order valence-corrected chi connectivity index (χ2v) is 4.99. The zero-order valence-corrected chi connectivity index (χ0v) is 12.8. The van der Waals surface area contributed by atoms with Crippen LogP contribution < -0.4 is 5.32 Å². The number of hydrogen-bond donors (Lipinski definition) is 1. The largest absolute Gasteiger partial charge is 0.465 e. The van der Waals surface area contributed by atoms with Crippen LogP contribution >= 0.6 is 0 Å². The molecule has 0 saturated heterocycles. The number of benzene rings is 1. The highest BCUT2D eigenvalue weighted by Gasteiger charge is 2.17. The lowest BCUT2D eigenvalue weighted by molar-refractivity contribution is 0.0599. The molecule has 0 spiro atoms. The predicted molar refractivity (Wildman–Crippen MR) is 79.0 cm³/mol. The molecule has 5 heteroatoms. The van der Waals surface area contributed by atoms with Crippen LogP contribution in [0, 0.1) is 13.8 Å². The van der Waals surface area contributed by atoms with Crippen molar-refractivity contribution in [3.8, 4) is 0 Å². The van der Waals surface area contributed by atoms with E-state index in [1.807, 2.05) is 39.0 Å². The lowest BCUT2D eigenvalue weighted by Crippen LogP contribution is -2.20. The van der Waals surface area contributed by atoms with Crippen molar-refractivity contribution in [2.75, 3.05) is 7.11 Å². The molecule has 5 nitrogen and oxygen atoms in total. The van der Waals surface area contributed by atoms with E-state index in [-0.39, 0.29) is 12.0 Å². The zero-order chi connectivity index (χ0) is 15.4. The molecule has 1 atom stereocenters. The van der Waals surface area contributed by atoms with Crippen molar-refractivity contribution in [1.29, 1.82) is 0 Å². The van der Waals surface area contributed by atoms with Crippen LogP contribution in [-0.2, 0) is 11.3 Å². The number of carbonyl (C=O) groups is 1. The molecule has 1 unspecified atom stereocenters. The first-order valence-corrected chi connectivity index (χ1v) is 6.87. The van der Waals surface area contributed by atoms with E-state index in [1.54, 1.807) is 6.07 Å². The Bertz CT molecular complexity index is 615. The van der Waals surface area contributed by atoms with Gasteiger partial charge in [0.25, 0.3) is 0 Å². The first kappa shape index (κ1) is 15.3. The second kappa shape index (κ2) is 6.54. The van der Waals surface area contributed by atoms with Crippen LogP contribution in [0.15, 0.2) is 28.8 Å². The predicted octanol–water partition coefficient (Wildman–Crippen LogP) is 2.93. The Morgan fingerprint density at radius 1 is 1.38 bits per heavy atom. The number of nitrogens with one attached hydrogen (secondary N) is 1. The van der Waals surface area contributed by atoms with E-state index >= 15 is 0 Å². The number of aromatic nitrogens is 1. The Kier molecular flexibility index (Phi) is 4.75. The summed E-state index contributed by atoms with van der Waals surface area (Å²) in [6, 6.07) is 7.50. The van der Waals surface area contributed by atoms with Gasteiger partial charge < -0.3 is 14.6 Å². The SMILES string of the molecule is COC(=O)c1ccccc1CNC(C)c1c(C)noc1C. The molecule has 0 saturated carbocycles. The maximum atomic E-state index is 11.7. The topological polar surface area (TPSA) is 64.4 Å². The number of rotatable bonds is 5. The monoisotopic (exact) mass is 288 g/mol. The molecule has 0 radical (unpaired) electrons. The number of methoxy groups -OCH3 is 1. The molecular formula is C16H20N2O3. The van der Waals surface area contributed by atoms with Crippen LogP contribution in [0.3, 0.4) is 0 Å². The minimum Gasteiger partial charge on any atom is -0.465 e. The van der Waals surface area contributed by atoms with Crippen molar-refractivity contribution in [3.05, 3.63) is 52.4 Å². The van der Waals surface area contributed by atoms with E-state index in [1.165, 1.54) is 7.11 Å². The average molecular weight is 288 g/mol. The second-order valence-electron chi connectivity index (χ2n) is 4.99. The Morgan fingerprint density at radius 3 is 2.71 bits per heavy atom. The van der Waals surface area contributed by atoms with Gasteiger partial charge >= 0.3 is 5.97 Å². The summed E-state index contributed by atoms with van der Waals surface area (Å²) in [5, 5.41) is 7.36. The summed E-state index contributed by atoms with van der Waals surface area (Å²) >= 11 is 0. The van der Waals surface area contributed by atoms with Crippen molar-refractivity contribution in [3.63, 3.8) is 0 Å². The van der Waals surface area contributed by atoms with Crippen molar-refractivity contribution >= 4 is 5.97 Å². The summed E-state index contributed by atoms with van der Waals surface area (Å²) in [4.78, 5) is 11.7. The van der Waals surface area contributed by atoms with Gasteiger partial charge in [0.2, 0.25) is 0 Å². The van der Waals surface area contributed by atoms with Gasteiger partial charge in [-0.05, 0) is 32.4 Å². The number of hydrogen-bond acceptors (Lipinski definition) is 5. The molecule has 1 aromatic heterocycles. The first-order valence-electron chi connectivity index (χ1n) is 6.87. The summed E-state index contributed by atoms with van der Waals surface area (Å²) in [6.07, 6.45) is 0. The molecule has 0 fully saturated rings. The molecular weight excluding hydrogens is 268 g/mol. The van der Waals surface area contributed by atoms with Crippen LogP contribution in [0.4, 0.5) is 0 Å². The molecule has 0 bridgehead atoms. The summed E-state index contributed by atoms with van der Waals surface area (Å²) in [7, 11) is 1.39. The van der Waals surface area contributed by atoms with Gasteiger partial charge in [-0.3, -0.25) is 0 Å². The highest BCUT2D eigenvalue weighted by molar-refractivity contribution is 5.90. The number of nitrogens with zero attached hydrogens (tertiary/aromatic N) is 1. The third kappa shape index (κ3) is 3.31. The van der Waals surface area contributed by atoms with Gasteiger partial charge in [-0.2, -0.15) is 0 Å². The lowest BCUT2D eigenvalue weighted by Gasteiger charge is -2.15. The van der Waals surface area contributed by atoms with Gasteiger partial charge in [0.1, 0.15) is 5.76 Å². The van der Waals surface area contributed by atoms with E-state index in [0.717, 1.165) is 22.6 Å². The quantitative estimate of drug-likeness (QED) is 0.857. The lowest BCUT2D eigenvalue weighted by atomic mass is 10.0. The van der Waals surface area contributed by atoms with E-state index in [0.29, 0.717) is 12.1 Å². The smallest absolute Gasteiger partial charge is 0.338 e. The molecule has 1 N–H and O–H groups in total. The minimum atomic E-state index is -0.322. The highest BCUT2D eigenvalue weighted by Crippen LogP contribution is 2.21. The van der Waals surface area contributed by atoms with Crippen molar-refractivity contribution in [1.82, 2.24) is 10.5 Å². The molecule has 2 rings (SSSR count). The Morgan fingerprint density at radius 2 is 2.10 bits per heavy atom. The fourth-order valence-corrected chi connectivity index (χ4v) is 2.46. The van der Waals surface area contributed by atoms with Crippen LogP contribution in [0.2, 0.25) is 0 Å². The number of esters is 1. The van der Waals surface area contributed by atoms with Gasteiger partial charge in [-0.1, -0.05) is 23.4 Å². The van der Waals surface area contributed by atoms with Gasteiger partial charge in [-0.15, -0.1) is 0 Å². The molecule has 21 heavy (non-hydrogen) atoms. The third-order valence-electron chi connectivity index (χ3n) is 3.54. The Hall–Kier alpha value is -2.14. The maximum absolute atomic E-state index is 11.7. The molecule has 1 heterocycles. The molecule has 0 aliphatic heterocycles. The van der Waals surface area contributed by atoms with Gasteiger partial charge in [0.05, 0.1) is 18.4 Å². The Balaban J connectivity index is 2.12. The maximum Gasteiger partial charge on any atom is 0.338 e. The summed E-state index contributed by atoms with van der Waals surface area (Å²) in [6.45, 7) is 6.44. The van der Waals surface area contributed by atoms with Gasteiger partial charge in [-0.25, -0.2) is 4.79 Å². The molecule has 1 aromatic carbocycles. The fraction of sp³-hybridized carbons (Fsp3) is 0.375. The normalized spacial score (nSPS) is 12.2. The molecule has 0 amide bonds. The minimum absolute atomic E-state index is 0.0851. The Labute approximate surface area is 124 Å². The van der Waals surface area contributed by atoms with E-state index in [9.17, 15) is 4.79 Å².